The number of amides is 2. The topological polar surface area (TPSA) is 121 Å². The fourth-order valence-corrected chi connectivity index (χ4v) is 6.43. The number of aryl methyl sites for hydroxylation is 1. The van der Waals surface area contributed by atoms with Crippen LogP contribution in [0.2, 0.25) is 0 Å². The van der Waals surface area contributed by atoms with Gasteiger partial charge in [0.2, 0.25) is 11.8 Å². The molecule has 220 valence electrons. The van der Waals surface area contributed by atoms with E-state index < -0.39 is 5.60 Å². The van der Waals surface area contributed by atoms with Gasteiger partial charge in [-0.3, -0.25) is 14.5 Å². The van der Waals surface area contributed by atoms with Crippen molar-refractivity contribution in [2.45, 2.75) is 77.4 Å². The molecule has 0 unspecified atom stereocenters. The summed E-state index contributed by atoms with van der Waals surface area (Å²) in [5, 5.41) is 10.3. The molecule has 1 aliphatic carbocycles. The first-order chi connectivity index (χ1) is 19.6. The van der Waals surface area contributed by atoms with Crippen LogP contribution in [0.15, 0.2) is 41.5 Å². The molecule has 1 saturated heterocycles. The van der Waals surface area contributed by atoms with Crippen molar-refractivity contribution in [3.63, 3.8) is 0 Å². The number of carbonyl (C=O) groups is 2. The van der Waals surface area contributed by atoms with Gasteiger partial charge in [0.25, 0.3) is 5.91 Å². The summed E-state index contributed by atoms with van der Waals surface area (Å²) in [6.07, 6.45) is 7.36. The lowest BCUT2D eigenvalue weighted by Crippen LogP contribution is -2.43. The van der Waals surface area contributed by atoms with Crippen LogP contribution in [0.3, 0.4) is 0 Å². The van der Waals surface area contributed by atoms with Gasteiger partial charge in [0.1, 0.15) is 12.4 Å². The van der Waals surface area contributed by atoms with Gasteiger partial charge in [-0.1, -0.05) is 17.7 Å². The molecular weight excluding hydrogens is 518 g/mol. The smallest absolute Gasteiger partial charge is 0.278 e. The van der Waals surface area contributed by atoms with E-state index in [1.807, 2.05) is 57.3 Å². The van der Waals surface area contributed by atoms with E-state index >= 15 is 0 Å². The number of rotatable bonds is 8. The Hall–Kier alpha value is -3.30. The number of amidine groups is 1. The third-order valence-corrected chi connectivity index (χ3v) is 9.06. The molecule has 2 aromatic rings. The van der Waals surface area contributed by atoms with E-state index in [-0.39, 0.29) is 23.8 Å². The molecule has 0 radical (unpaired) electrons. The average Bonchev–Trinajstić information content (AvgIpc) is 3.30. The van der Waals surface area contributed by atoms with Crippen molar-refractivity contribution in [3.8, 4) is 5.88 Å². The number of piperidine rings is 1. The highest BCUT2D eigenvalue weighted by Crippen LogP contribution is 2.38. The summed E-state index contributed by atoms with van der Waals surface area (Å²) >= 11 is 0. The third kappa shape index (κ3) is 6.96. The number of nitrogens with zero attached hydrogens (tertiary/aromatic N) is 4. The molecule has 0 atom stereocenters. The number of aromatic nitrogens is 1. The molecule has 3 heterocycles. The maximum atomic E-state index is 13.1. The minimum atomic E-state index is -0.630. The van der Waals surface area contributed by atoms with Gasteiger partial charge in [-0.05, 0) is 90.4 Å². The summed E-state index contributed by atoms with van der Waals surface area (Å²) in [4.78, 5) is 38.6. The molecule has 3 aliphatic rings. The van der Waals surface area contributed by atoms with Gasteiger partial charge < -0.3 is 20.5 Å². The van der Waals surface area contributed by atoms with Crippen molar-refractivity contribution in [3.05, 3.63) is 53.2 Å². The first kappa shape index (κ1) is 29.2. The second-order valence-electron chi connectivity index (χ2n) is 12.4. The molecule has 9 nitrogen and oxygen atoms in total. The molecule has 9 heteroatoms. The monoisotopic (exact) mass is 561 g/mol. The predicted octanol–water partition coefficient (Wildman–Crippen LogP) is 3.90. The van der Waals surface area contributed by atoms with Gasteiger partial charge in [0.15, 0.2) is 0 Å². The van der Waals surface area contributed by atoms with Gasteiger partial charge in [-0.25, -0.2) is 4.98 Å². The lowest BCUT2D eigenvalue weighted by Gasteiger charge is -2.37. The highest BCUT2D eigenvalue weighted by Gasteiger charge is 2.36. The fourth-order valence-electron chi connectivity index (χ4n) is 6.43. The van der Waals surface area contributed by atoms with Gasteiger partial charge in [-0.2, -0.15) is 4.99 Å². The van der Waals surface area contributed by atoms with Crippen molar-refractivity contribution in [2.75, 3.05) is 31.1 Å². The number of ether oxygens (including phenoxy) is 1. The average molecular weight is 562 g/mol. The zero-order chi connectivity index (χ0) is 29.1. The van der Waals surface area contributed by atoms with Crippen molar-refractivity contribution >= 4 is 23.3 Å². The Balaban J connectivity index is 1.29. The van der Waals surface area contributed by atoms with E-state index in [9.17, 15) is 14.7 Å². The van der Waals surface area contributed by atoms with Crippen LogP contribution in [-0.4, -0.2) is 70.5 Å². The zero-order valence-electron chi connectivity index (χ0n) is 24.5. The summed E-state index contributed by atoms with van der Waals surface area (Å²) in [6, 6.07) is 9.55. The number of likely N-dealkylation sites (tertiary alicyclic amines) is 1. The van der Waals surface area contributed by atoms with E-state index in [1.165, 1.54) is 0 Å². The highest BCUT2D eigenvalue weighted by molar-refractivity contribution is 6.12. The first-order valence-corrected chi connectivity index (χ1v) is 14.9. The molecule has 1 saturated carbocycles. The van der Waals surface area contributed by atoms with Crippen molar-refractivity contribution in [1.82, 2.24) is 9.88 Å². The van der Waals surface area contributed by atoms with Crippen LogP contribution in [0.5, 0.6) is 5.88 Å². The predicted molar refractivity (Wildman–Crippen MR) is 159 cm³/mol. The molecule has 5 rings (SSSR count). The summed E-state index contributed by atoms with van der Waals surface area (Å²) in [5.74, 6) is 0.988. The molecule has 2 aliphatic heterocycles. The summed E-state index contributed by atoms with van der Waals surface area (Å²) in [6.45, 7) is 9.02. The molecule has 1 aromatic carbocycles. The molecular formula is C32H43N5O4. The summed E-state index contributed by atoms with van der Waals surface area (Å²) < 4.78 is 6.11. The van der Waals surface area contributed by atoms with Crippen LogP contribution in [0, 0.1) is 18.8 Å². The maximum absolute atomic E-state index is 13.1. The van der Waals surface area contributed by atoms with Gasteiger partial charge in [0, 0.05) is 48.3 Å². The van der Waals surface area contributed by atoms with Crippen LogP contribution in [-0.2, 0) is 11.2 Å². The third-order valence-electron chi connectivity index (χ3n) is 9.06. The van der Waals surface area contributed by atoms with Crippen molar-refractivity contribution in [2.24, 2.45) is 22.6 Å². The van der Waals surface area contributed by atoms with E-state index in [1.54, 1.807) is 0 Å². The van der Waals surface area contributed by atoms with Crippen molar-refractivity contribution < 1.29 is 19.4 Å². The highest BCUT2D eigenvalue weighted by atomic mass is 16.5. The number of primary amides is 1. The molecule has 0 bridgehead atoms. The summed E-state index contributed by atoms with van der Waals surface area (Å²) in [7, 11) is 0. The molecule has 41 heavy (non-hydrogen) atoms. The molecule has 2 amide bonds. The number of anilines is 1. The standard InChI is InChI=1S/C32H43N5O4/c1-21-4-6-23(7-5-21)31(39)35-28-18-24-20-34-29(41-17-16-36-14-12-25(13-15-36)32(2,3)40)19-27(24)37(28)26-10-8-22(9-11-26)30(33)38/h4-7,19-20,22,25-26,40H,8-18H2,1-3H3,(H2,33,38). The Morgan fingerprint density at radius 1 is 1.10 bits per heavy atom. The Labute approximate surface area is 242 Å². The second kappa shape index (κ2) is 12.3. The number of carbonyl (C=O) groups excluding carboxylic acids is 2. The van der Waals surface area contributed by atoms with Gasteiger partial charge in [-0.15, -0.1) is 0 Å². The number of pyridine rings is 1. The Kier molecular flexibility index (Phi) is 8.75. The maximum Gasteiger partial charge on any atom is 0.278 e. The molecule has 2 fully saturated rings. The van der Waals surface area contributed by atoms with E-state index in [0.29, 0.717) is 36.2 Å². The Bertz CT molecular complexity index is 1270. The minimum absolute atomic E-state index is 0.104. The van der Waals surface area contributed by atoms with Crippen molar-refractivity contribution in [1.29, 1.82) is 0 Å². The molecule has 1 aromatic heterocycles. The number of aliphatic imine (C=N–C) groups is 1. The van der Waals surface area contributed by atoms with Crippen LogP contribution >= 0.6 is 0 Å². The van der Waals surface area contributed by atoms with Gasteiger partial charge >= 0.3 is 0 Å². The largest absolute Gasteiger partial charge is 0.476 e. The van der Waals surface area contributed by atoms with Crippen LogP contribution in [0.1, 0.15) is 73.9 Å². The molecule has 0 spiro atoms. The Morgan fingerprint density at radius 3 is 2.41 bits per heavy atom. The van der Waals surface area contributed by atoms with E-state index in [0.717, 1.165) is 75.0 Å². The summed E-state index contributed by atoms with van der Waals surface area (Å²) in [5.41, 5.74) is 8.60. The number of hydrogen-bond donors (Lipinski definition) is 2. The fraction of sp³-hybridized carbons (Fsp3) is 0.562. The number of benzene rings is 1. The zero-order valence-corrected chi connectivity index (χ0v) is 24.5. The van der Waals surface area contributed by atoms with E-state index in [2.05, 4.69) is 19.8 Å². The Morgan fingerprint density at radius 2 is 1.78 bits per heavy atom. The SMILES string of the molecule is Cc1ccc(C(=O)N=C2Cc3cnc(OCCN4CCC(C(C)(C)O)CC4)cc3N2C2CCC(C(N)=O)CC2)cc1. The van der Waals surface area contributed by atoms with E-state index in [4.69, 9.17) is 10.5 Å². The van der Waals surface area contributed by atoms with Crippen LogP contribution in [0.4, 0.5) is 5.69 Å². The van der Waals surface area contributed by atoms with Crippen LogP contribution < -0.4 is 15.4 Å². The lowest BCUT2D eigenvalue weighted by atomic mass is 9.83. The number of nitrogens with two attached hydrogens (primary N) is 1. The second-order valence-corrected chi connectivity index (χ2v) is 12.4. The molecule has 3 N–H and O–H groups in total. The number of hydrogen-bond acceptors (Lipinski definition) is 6. The number of fused-ring (bicyclic) bond motifs is 1. The normalized spacial score (nSPS) is 23.0. The van der Waals surface area contributed by atoms with Crippen LogP contribution in [0.25, 0.3) is 0 Å². The quantitative estimate of drug-likeness (QED) is 0.501. The first-order valence-electron chi connectivity index (χ1n) is 14.9. The lowest BCUT2D eigenvalue weighted by molar-refractivity contribution is -0.122. The number of aliphatic hydroxyl groups is 1. The minimum Gasteiger partial charge on any atom is -0.476 e. The van der Waals surface area contributed by atoms with Gasteiger partial charge in [0.05, 0.1) is 11.3 Å².